The first-order chi connectivity index (χ1) is 16.0. The smallest absolute Gasteiger partial charge is 0.280 e. The van der Waals surface area contributed by atoms with Crippen LogP contribution in [0.25, 0.3) is 11.0 Å². The number of fused-ring (bicyclic) bond motifs is 1. The van der Waals surface area contributed by atoms with Crippen LogP contribution >= 0.6 is 23.4 Å². The number of aryl methyl sites for hydroxylation is 3. The molecule has 0 fully saturated rings. The molecule has 4 rings (SSSR count). The lowest BCUT2D eigenvalue weighted by molar-refractivity contribution is -0.113. The normalized spacial score (nSPS) is 11.1. The van der Waals surface area contributed by atoms with Crippen LogP contribution < -0.4 is 10.9 Å². The maximum Gasteiger partial charge on any atom is 0.280 e. The largest absolute Gasteiger partial charge is 0.324 e. The van der Waals surface area contributed by atoms with E-state index in [-0.39, 0.29) is 17.2 Å². The number of benzene rings is 2. The number of aromatic nitrogens is 4. The van der Waals surface area contributed by atoms with Crippen LogP contribution in [0.4, 0.5) is 5.69 Å². The van der Waals surface area contributed by atoms with E-state index in [0.29, 0.717) is 52.1 Å². The highest BCUT2D eigenvalue weighted by Crippen LogP contribution is 2.23. The number of rotatable bonds is 8. The van der Waals surface area contributed by atoms with Crippen molar-refractivity contribution in [2.45, 2.75) is 38.5 Å². The number of hydrogen-bond acceptors (Lipinski definition) is 5. The maximum absolute atomic E-state index is 13.5. The molecule has 7 nitrogen and oxygen atoms in total. The first-order valence-electron chi connectivity index (χ1n) is 10.7. The molecule has 0 aliphatic carbocycles. The van der Waals surface area contributed by atoms with E-state index in [0.717, 1.165) is 5.56 Å². The molecule has 9 heteroatoms. The van der Waals surface area contributed by atoms with E-state index in [1.54, 1.807) is 33.5 Å². The van der Waals surface area contributed by atoms with Crippen LogP contribution in [0.5, 0.6) is 0 Å². The lowest BCUT2D eigenvalue weighted by Gasteiger charge is -2.13. The number of carbonyl (C=O) groups is 1. The quantitative estimate of drug-likeness (QED) is 0.295. The van der Waals surface area contributed by atoms with Gasteiger partial charge in [-0.3, -0.25) is 18.8 Å². The fraction of sp³-hybridized carbons (Fsp3) is 0.250. The molecule has 0 saturated heterocycles. The van der Waals surface area contributed by atoms with E-state index in [4.69, 9.17) is 16.6 Å². The molecule has 2 aromatic carbocycles. The van der Waals surface area contributed by atoms with Crippen molar-refractivity contribution < 1.29 is 4.79 Å². The highest BCUT2D eigenvalue weighted by atomic mass is 35.5. The summed E-state index contributed by atoms with van der Waals surface area (Å²) in [5, 5.41) is 8.25. The summed E-state index contributed by atoms with van der Waals surface area (Å²) < 4.78 is 3.34. The topological polar surface area (TPSA) is 81.8 Å². The number of carbonyl (C=O) groups excluding carboxylic acids is 1. The van der Waals surface area contributed by atoms with Crippen LogP contribution in [0.1, 0.15) is 18.2 Å². The Morgan fingerprint density at radius 2 is 1.85 bits per heavy atom. The SMILES string of the molecule is CCn1nc(C)c2nc(SCC(=O)Nc3ccccc3Cl)n(CCc3ccccc3)c(=O)c21. The van der Waals surface area contributed by atoms with Crippen LogP contribution in [0, 0.1) is 6.92 Å². The minimum Gasteiger partial charge on any atom is -0.324 e. The van der Waals surface area contributed by atoms with E-state index in [9.17, 15) is 9.59 Å². The Labute approximate surface area is 200 Å². The first kappa shape index (κ1) is 23.1. The summed E-state index contributed by atoms with van der Waals surface area (Å²) in [7, 11) is 0. The Morgan fingerprint density at radius 1 is 1.12 bits per heavy atom. The van der Waals surface area contributed by atoms with Gasteiger partial charge in [0.05, 0.1) is 22.2 Å². The van der Waals surface area contributed by atoms with Crippen molar-refractivity contribution in [3.8, 4) is 0 Å². The summed E-state index contributed by atoms with van der Waals surface area (Å²) in [6, 6.07) is 17.0. The van der Waals surface area contributed by atoms with Gasteiger partial charge in [-0.1, -0.05) is 65.8 Å². The first-order valence-corrected chi connectivity index (χ1v) is 12.0. The molecule has 0 aliphatic rings. The molecule has 0 bridgehead atoms. The second-order valence-corrected chi connectivity index (χ2v) is 8.85. The van der Waals surface area contributed by atoms with Crippen LogP contribution in [-0.2, 0) is 24.3 Å². The number of halogens is 1. The van der Waals surface area contributed by atoms with Crippen molar-refractivity contribution in [1.29, 1.82) is 0 Å². The van der Waals surface area contributed by atoms with Crippen molar-refractivity contribution >= 4 is 46.0 Å². The zero-order valence-electron chi connectivity index (χ0n) is 18.4. The molecule has 0 unspecified atom stereocenters. The van der Waals surface area contributed by atoms with Crippen LogP contribution in [0.3, 0.4) is 0 Å². The maximum atomic E-state index is 13.5. The second kappa shape index (κ2) is 10.2. The Morgan fingerprint density at radius 3 is 2.58 bits per heavy atom. The zero-order valence-corrected chi connectivity index (χ0v) is 20.0. The predicted molar refractivity (Wildman–Crippen MR) is 133 cm³/mol. The van der Waals surface area contributed by atoms with Gasteiger partial charge in [-0.25, -0.2) is 4.98 Å². The third-order valence-corrected chi connectivity index (χ3v) is 6.53. The molecule has 0 radical (unpaired) electrons. The fourth-order valence-corrected chi connectivity index (χ4v) is 4.59. The third-order valence-electron chi connectivity index (χ3n) is 5.23. The minimum atomic E-state index is -0.224. The van der Waals surface area contributed by atoms with E-state index in [1.807, 2.05) is 44.2 Å². The van der Waals surface area contributed by atoms with Crippen molar-refractivity contribution in [1.82, 2.24) is 19.3 Å². The lowest BCUT2D eigenvalue weighted by atomic mass is 10.1. The second-order valence-electron chi connectivity index (χ2n) is 7.50. The number of amides is 1. The monoisotopic (exact) mass is 481 g/mol. The summed E-state index contributed by atoms with van der Waals surface area (Å²) in [4.78, 5) is 30.8. The van der Waals surface area contributed by atoms with Gasteiger partial charge in [0.25, 0.3) is 5.56 Å². The van der Waals surface area contributed by atoms with Gasteiger partial charge in [0.2, 0.25) is 5.91 Å². The van der Waals surface area contributed by atoms with Gasteiger partial charge in [0.15, 0.2) is 10.7 Å². The molecule has 33 heavy (non-hydrogen) atoms. The molecule has 0 spiro atoms. The molecule has 170 valence electrons. The number of hydrogen-bond donors (Lipinski definition) is 1. The van der Waals surface area contributed by atoms with Gasteiger partial charge in [-0.2, -0.15) is 5.10 Å². The Balaban J connectivity index is 1.63. The van der Waals surface area contributed by atoms with Gasteiger partial charge in [-0.05, 0) is 38.0 Å². The Bertz CT molecular complexity index is 1350. The molecular weight excluding hydrogens is 458 g/mol. The summed E-state index contributed by atoms with van der Waals surface area (Å²) >= 11 is 7.37. The molecule has 4 aromatic rings. The van der Waals surface area contributed by atoms with Gasteiger partial charge in [-0.15, -0.1) is 0 Å². The fourth-order valence-electron chi connectivity index (χ4n) is 3.59. The number of nitrogens with one attached hydrogen (secondary N) is 1. The average Bonchev–Trinajstić information content (AvgIpc) is 3.15. The molecule has 1 N–H and O–H groups in total. The molecule has 0 saturated carbocycles. The van der Waals surface area contributed by atoms with E-state index in [1.165, 1.54) is 11.8 Å². The van der Waals surface area contributed by atoms with Gasteiger partial charge < -0.3 is 5.32 Å². The van der Waals surface area contributed by atoms with Crippen molar-refractivity contribution in [3.63, 3.8) is 0 Å². The zero-order chi connectivity index (χ0) is 23.4. The highest BCUT2D eigenvalue weighted by molar-refractivity contribution is 7.99. The van der Waals surface area contributed by atoms with Gasteiger partial charge in [0.1, 0.15) is 5.52 Å². The van der Waals surface area contributed by atoms with E-state index >= 15 is 0 Å². The number of nitrogens with zero attached hydrogens (tertiary/aromatic N) is 4. The van der Waals surface area contributed by atoms with E-state index < -0.39 is 0 Å². The summed E-state index contributed by atoms with van der Waals surface area (Å²) in [5.41, 5.74) is 3.29. The van der Waals surface area contributed by atoms with Crippen LogP contribution in [0.2, 0.25) is 5.02 Å². The predicted octanol–water partition coefficient (Wildman–Crippen LogP) is 4.55. The molecular formula is C24H24ClN5O2S. The van der Waals surface area contributed by atoms with Gasteiger partial charge >= 0.3 is 0 Å². The summed E-state index contributed by atoms with van der Waals surface area (Å²) in [6.45, 7) is 4.82. The molecule has 1 amide bonds. The van der Waals surface area contributed by atoms with Crippen molar-refractivity contribution in [2.24, 2.45) is 0 Å². The Hall–Kier alpha value is -3.10. The van der Waals surface area contributed by atoms with Gasteiger partial charge in [0, 0.05) is 13.1 Å². The number of anilines is 1. The lowest BCUT2D eigenvalue weighted by Crippen LogP contribution is -2.26. The molecule has 0 aliphatic heterocycles. The minimum absolute atomic E-state index is 0.0927. The summed E-state index contributed by atoms with van der Waals surface area (Å²) in [5.74, 6) is -0.131. The molecule has 2 aromatic heterocycles. The third kappa shape index (κ3) is 5.12. The number of para-hydroxylation sites is 1. The van der Waals surface area contributed by atoms with E-state index in [2.05, 4.69) is 10.4 Å². The standard InChI is InChI=1S/C24H24ClN5O2S/c1-3-30-22-21(16(2)28-30)27-24(29(23(22)32)14-13-17-9-5-4-6-10-17)33-15-20(31)26-19-12-8-7-11-18(19)25/h4-12H,3,13-15H2,1-2H3,(H,26,31). The van der Waals surface area contributed by atoms with Crippen LogP contribution in [-0.4, -0.2) is 31.0 Å². The number of thioether (sulfide) groups is 1. The van der Waals surface area contributed by atoms with Crippen molar-refractivity contribution in [2.75, 3.05) is 11.1 Å². The Kier molecular flexibility index (Phi) is 7.15. The van der Waals surface area contributed by atoms with Crippen molar-refractivity contribution in [3.05, 3.63) is 81.2 Å². The highest BCUT2D eigenvalue weighted by Gasteiger charge is 2.19. The molecule has 0 atom stereocenters. The molecule has 2 heterocycles. The van der Waals surface area contributed by atoms with Crippen LogP contribution in [0.15, 0.2) is 64.5 Å². The summed E-state index contributed by atoms with van der Waals surface area (Å²) in [6.07, 6.45) is 0.673. The average molecular weight is 482 g/mol.